The number of hydrogen-bond acceptors (Lipinski definition) is 2. The first-order chi connectivity index (χ1) is 14.2. The quantitative estimate of drug-likeness (QED) is 0.431. The molecule has 1 aliphatic rings. The zero-order valence-corrected chi connectivity index (χ0v) is 17.7. The van der Waals surface area contributed by atoms with Crippen molar-refractivity contribution in [3.63, 3.8) is 0 Å². The molecule has 1 aliphatic carbocycles. The average Bonchev–Trinajstić information content (AvgIpc) is 3.00. The van der Waals surface area contributed by atoms with Gasteiger partial charge in [0.15, 0.2) is 0 Å². The normalized spacial score (nSPS) is 15.1. The molecule has 0 aliphatic heterocycles. The summed E-state index contributed by atoms with van der Waals surface area (Å²) in [5.74, 6) is 0.913. The molecule has 29 heavy (non-hydrogen) atoms. The maximum atomic E-state index is 10.0. The Kier molecular flexibility index (Phi) is 5.62. The number of nitriles is 1. The first kappa shape index (κ1) is 19.6. The molecule has 1 aromatic heterocycles. The maximum Gasteiger partial charge on any atom is 0.121 e. The fraction of sp³-hybridized carbons (Fsp3) is 0.423. The van der Waals surface area contributed by atoms with E-state index < -0.39 is 0 Å². The molecule has 0 radical (unpaired) electrons. The highest BCUT2D eigenvalue weighted by Gasteiger charge is 2.28. The van der Waals surface area contributed by atoms with Crippen molar-refractivity contribution in [3.05, 3.63) is 53.6 Å². The van der Waals surface area contributed by atoms with Crippen LogP contribution in [0.3, 0.4) is 0 Å². The highest BCUT2D eigenvalue weighted by atomic mass is 16.5. The fourth-order valence-electron chi connectivity index (χ4n) is 4.36. The molecule has 3 aromatic rings. The van der Waals surface area contributed by atoms with Gasteiger partial charge >= 0.3 is 0 Å². The van der Waals surface area contributed by atoms with Crippen LogP contribution in [0.25, 0.3) is 22.2 Å². The fourth-order valence-corrected chi connectivity index (χ4v) is 4.36. The third kappa shape index (κ3) is 3.65. The predicted octanol–water partition coefficient (Wildman–Crippen LogP) is 7.17. The zero-order chi connectivity index (χ0) is 20.4. The first-order valence-electron chi connectivity index (χ1n) is 11.0. The minimum Gasteiger partial charge on any atom is -0.490 e. The van der Waals surface area contributed by atoms with Gasteiger partial charge in [0.2, 0.25) is 0 Å². The molecule has 150 valence electrons. The Morgan fingerprint density at radius 3 is 2.48 bits per heavy atom. The molecule has 0 spiro atoms. The number of ether oxygens (including phenoxy) is 1. The predicted molar refractivity (Wildman–Crippen MR) is 119 cm³/mol. The van der Waals surface area contributed by atoms with Crippen molar-refractivity contribution in [2.45, 2.75) is 71.4 Å². The lowest BCUT2D eigenvalue weighted by atomic mass is 9.92. The van der Waals surface area contributed by atoms with Crippen LogP contribution in [0, 0.1) is 18.3 Å². The number of aromatic nitrogens is 1. The summed E-state index contributed by atoms with van der Waals surface area (Å²) >= 11 is 0. The zero-order valence-electron chi connectivity index (χ0n) is 17.7. The van der Waals surface area contributed by atoms with E-state index in [-0.39, 0.29) is 6.10 Å². The van der Waals surface area contributed by atoms with Crippen LogP contribution < -0.4 is 4.74 Å². The lowest BCUT2D eigenvalue weighted by Crippen LogP contribution is -2.18. The van der Waals surface area contributed by atoms with E-state index in [1.165, 1.54) is 24.8 Å². The van der Waals surface area contributed by atoms with Gasteiger partial charge in [-0.1, -0.05) is 50.1 Å². The van der Waals surface area contributed by atoms with E-state index in [0.717, 1.165) is 52.7 Å². The second kappa shape index (κ2) is 8.33. The van der Waals surface area contributed by atoms with Crippen LogP contribution in [-0.4, -0.2) is 10.7 Å². The van der Waals surface area contributed by atoms with E-state index in [4.69, 9.17) is 4.74 Å². The summed E-state index contributed by atoms with van der Waals surface area (Å²) in [4.78, 5) is 0. The van der Waals surface area contributed by atoms with Crippen LogP contribution in [-0.2, 0) is 0 Å². The molecule has 1 atom stereocenters. The van der Waals surface area contributed by atoms with Crippen LogP contribution in [0.5, 0.6) is 5.75 Å². The Morgan fingerprint density at radius 2 is 1.90 bits per heavy atom. The second-order valence-electron chi connectivity index (χ2n) is 8.27. The molecule has 3 heteroatoms. The van der Waals surface area contributed by atoms with Gasteiger partial charge in [0.1, 0.15) is 11.8 Å². The molecule has 1 heterocycles. The Labute approximate surface area is 173 Å². The molecular formula is C26H30N2O. The molecular weight excluding hydrogens is 356 g/mol. The van der Waals surface area contributed by atoms with E-state index in [1.807, 2.05) is 6.07 Å². The van der Waals surface area contributed by atoms with Gasteiger partial charge < -0.3 is 9.30 Å². The average molecular weight is 387 g/mol. The number of nitrogens with zero attached hydrogens (tertiary/aromatic N) is 2. The van der Waals surface area contributed by atoms with E-state index in [2.05, 4.69) is 67.8 Å². The van der Waals surface area contributed by atoms with Crippen molar-refractivity contribution in [1.29, 1.82) is 5.26 Å². The van der Waals surface area contributed by atoms with Gasteiger partial charge in [-0.25, -0.2) is 0 Å². The topological polar surface area (TPSA) is 37.9 Å². The van der Waals surface area contributed by atoms with Crippen LogP contribution in [0.4, 0.5) is 0 Å². The van der Waals surface area contributed by atoms with Gasteiger partial charge in [-0.2, -0.15) is 5.26 Å². The Morgan fingerprint density at radius 1 is 1.14 bits per heavy atom. The Bertz CT molecular complexity index is 1040. The molecule has 0 bridgehead atoms. The highest BCUT2D eigenvalue weighted by molar-refractivity contribution is 5.95. The van der Waals surface area contributed by atoms with Crippen molar-refractivity contribution in [2.24, 2.45) is 0 Å². The molecule has 0 amide bonds. The molecule has 1 fully saturated rings. The lowest BCUT2D eigenvalue weighted by molar-refractivity contribution is 0.186. The third-order valence-corrected chi connectivity index (χ3v) is 6.22. The first-order valence-corrected chi connectivity index (χ1v) is 11.0. The van der Waals surface area contributed by atoms with Crippen LogP contribution in [0.15, 0.2) is 42.5 Å². The van der Waals surface area contributed by atoms with Crippen molar-refractivity contribution in [1.82, 2.24) is 4.57 Å². The minimum atomic E-state index is 0.247. The van der Waals surface area contributed by atoms with E-state index >= 15 is 0 Å². The van der Waals surface area contributed by atoms with E-state index in [0.29, 0.717) is 6.04 Å². The van der Waals surface area contributed by atoms with Gasteiger partial charge in [0.05, 0.1) is 22.9 Å². The number of rotatable bonds is 7. The molecule has 1 unspecified atom stereocenters. The third-order valence-electron chi connectivity index (χ3n) is 6.22. The van der Waals surface area contributed by atoms with Gasteiger partial charge in [0, 0.05) is 17.5 Å². The molecule has 3 nitrogen and oxygen atoms in total. The second-order valence-corrected chi connectivity index (χ2v) is 8.27. The standard InChI is InChI=1S/C26H30N2O/c1-4-7-21(5-2)29-22-14-15-23-24(17-27)26(19-12-10-18(3)11-13-19)28(25(23)16-22)20-8-6-9-20/h10-16,20-21H,4-9H2,1-3H3. The monoisotopic (exact) mass is 386 g/mol. The van der Waals surface area contributed by atoms with Crippen molar-refractivity contribution in [3.8, 4) is 23.1 Å². The number of benzene rings is 2. The maximum absolute atomic E-state index is 10.0. The van der Waals surface area contributed by atoms with Gasteiger partial charge in [-0.05, 0) is 56.7 Å². The molecule has 0 N–H and O–H groups in total. The largest absolute Gasteiger partial charge is 0.490 e. The molecule has 2 aromatic carbocycles. The van der Waals surface area contributed by atoms with Crippen LogP contribution >= 0.6 is 0 Å². The number of hydrogen-bond donors (Lipinski definition) is 0. The van der Waals surface area contributed by atoms with Crippen molar-refractivity contribution in [2.75, 3.05) is 0 Å². The van der Waals surface area contributed by atoms with E-state index in [1.54, 1.807) is 0 Å². The Hall–Kier alpha value is -2.73. The highest BCUT2D eigenvalue weighted by Crippen LogP contribution is 2.43. The molecule has 4 rings (SSSR count). The van der Waals surface area contributed by atoms with Crippen molar-refractivity contribution >= 4 is 10.9 Å². The lowest BCUT2D eigenvalue weighted by Gasteiger charge is -2.30. The SMILES string of the molecule is CCCC(CC)Oc1ccc2c(C#N)c(-c3ccc(C)cc3)n(C3CCC3)c2c1. The smallest absolute Gasteiger partial charge is 0.121 e. The summed E-state index contributed by atoms with van der Waals surface area (Å²) in [6.45, 7) is 6.48. The van der Waals surface area contributed by atoms with E-state index in [9.17, 15) is 5.26 Å². The summed E-state index contributed by atoms with van der Waals surface area (Å²) < 4.78 is 8.72. The van der Waals surface area contributed by atoms with Crippen LogP contribution in [0.2, 0.25) is 0 Å². The number of fused-ring (bicyclic) bond motifs is 1. The van der Waals surface area contributed by atoms with Gasteiger partial charge in [-0.15, -0.1) is 0 Å². The van der Waals surface area contributed by atoms with Crippen LogP contribution in [0.1, 0.15) is 69.5 Å². The van der Waals surface area contributed by atoms with Crippen molar-refractivity contribution < 1.29 is 4.74 Å². The van der Waals surface area contributed by atoms with Gasteiger partial charge in [0.25, 0.3) is 0 Å². The number of aryl methyl sites for hydroxylation is 1. The van der Waals surface area contributed by atoms with Gasteiger partial charge in [-0.3, -0.25) is 0 Å². The minimum absolute atomic E-state index is 0.247. The molecule has 1 saturated carbocycles. The molecule has 0 saturated heterocycles. The Balaban J connectivity index is 1.88. The summed E-state index contributed by atoms with van der Waals surface area (Å²) in [6, 6.07) is 17.8. The summed E-state index contributed by atoms with van der Waals surface area (Å²) in [7, 11) is 0. The summed E-state index contributed by atoms with van der Waals surface area (Å²) in [6.07, 6.45) is 7.04. The summed E-state index contributed by atoms with van der Waals surface area (Å²) in [5.41, 5.74) is 5.32. The summed E-state index contributed by atoms with van der Waals surface area (Å²) in [5, 5.41) is 11.1.